The average Bonchev–Trinajstić information content (AvgIpc) is 2.65. The number of nitrogens with one attached hydrogen (secondary N) is 1. The number of aryl methyl sites for hydroxylation is 2. The summed E-state index contributed by atoms with van der Waals surface area (Å²) < 4.78 is 49.4. The maximum Gasteiger partial charge on any atom is 0.236 e. The summed E-state index contributed by atoms with van der Waals surface area (Å²) in [5.41, 5.74) is 2.54. The molecule has 0 aromatic heterocycles. The van der Waals surface area contributed by atoms with E-state index in [0.717, 1.165) is 11.1 Å². The number of hydrogen-bond donors (Lipinski definition) is 1. The van der Waals surface area contributed by atoms with Crippen molar-refractivity contribution in [2.75, 3.05) is 16.2 Å². The van der Waals surface area contributed by atoms with Gasteiger partial charge in [0.15, 0.2) is 9.84 Å². The van der Waals surface area contributed by atoms with Crippen molar-refractivity contribution < 1.29 is 16.8 Å². The molecule has 1 aliphatic heterocycles. The Morgan fingerprint density at radius 3 is 2.42 bits per heavy atom. The molecule has 0 unspecified atom stereocenters. The lowest BCUT2D eigenvalue weighted by atomic mass is 10.1. The van der Waals surface area contributed by atoms with Gasteiger partial charge in [0.25, 0.3) is 0 Å². The van der Waals surface area contributed by atoms with E-state index in [-0.39, 0.29) is 17.9 Å². The molecule has 0 amide bonds. The lowest BCUT2D eigenvalue weighted by Gasteiger charge is -2.13. The van der Waals surface area contributed by atoms with Gasteiger partial charge in [0.05, 0.1) is 16.8 Å². The number of hydrogen-bond acceptors (Lipinski definition) is 4. The summed E-state index contributed by atoms with van der Waals surface area (Å²) in [6.45, 7) is 3.84. The van der Waals surface area contributed by atoms with Gasteiger partial charge < -0.3 is 0 Å². The molecule has 106 valence electrons. The van der Waals surface area contributed by atoms with Crippen LogP contribution in [-0.4, -0.2) is 33.6 Å². The van der Waals surface area contributed by atoms with Crippen LogP contribution in [0.2, 0.25) is 0 Å². The minimum absolute atomic E-state index is 0.0501. The third kappa shape index (κ3) is 3.27. The van der Waals surface area contributed by atoms with Crippen LogP contribution in [0.15, 0.2) is 18.2 Å². The number of sulfone groups is 1. The topological polar surface area (TPSA) is 80.3 Å². The molecule has 19 heavy (non-hydrogen) atoms. The van der Waals surface area contributed by atoms with Crippen molar-refractivity contribution in [1.29, 1.82) is 0 Å². The summed E-state index contributed by atoms with van der Waals surface area (Å²) in [5, 5.41) is -0.848. The van der Waals surface area contributed by atoms with E-state index in [1.54, 1.807) is 12.1 Å². The molecule has 2 rings (SSSR count). The second-order valence-corrected chi connectivity index (χ2v) is 9.16. The SMILES string of the molecule is Cc1ccc(NS(=O)(=O)[C@@H]2CCS(=O)(=O)C2)cc1C. The van der Waals surface area contributed by atoms with Gasteiger partial charge in [0, 0.05) is 5.69 Å². The third-order valence-electron chi connectivity index (χ3n) is 3.40. The normalized spacial score (nSPS) is 22.3. The molecule has 0 aliphatic carbocycles. The highest BCUT2D eigenvalue weighted by Crippen LogP contribution is 2.22. The third-order valence-corrected chi connectivity index (χ3v) is 7.18. The van der Waals surface area contributed by atoms with Gasteiger partial charge in [-0.15, -0.1) is 0 Å². The number of rotatable bonds is 3. The Morgan fingerprint density at radius 1 is 1.21 bits per heavy atom. The van der Waals surface area contributed by atoms with Crippen LogP contribution < -0.4 is 4.72 Å². The lowest BCUT2D eigenvalue weighted by Crippen LogP contribution is -2.28. The van der Waals surface area contributed by atoms with Crippen molar-refractivity contribution >= 4 is 25.5 Å². The van der Waals surface area contributed by atoms with Crippen molar-refractivity contribution in [3.05, 3.63) is 29.3 Å². The summed E-state index contributed by atoms with van der Waals surface area (Å²) in [5.74, 6) is -0.335. The standard InChI is InChI=1S/C12H17NO4S2/c1-9-3-4-11(7-10(9)2)13-19(16,17)12-5-6-18(14,15)8-12/h3-4,7,12-13H,5-6,8H2,1-2H3/t12-/m1/s1. The summed E-state index contributed by atoms with van der Waals surface area (Å²) in [6, 6.07) is 5.26. The Bertz CT molecular complexity index is 692. The Balaban J connectivity index is 2.20. The van der Waals surface area contributed by atoms with Gasteiger partial charge in [-0.2, -0.15) is 0 Å². The molecule has 1 saturated heterocycles. The molecular weight excluding hydrogens is 286 g/mol. The first-order valence-corrected chi connectivity index (χ1v) is 9.36. The quantitative estimate of drug-likeness (QED) is 0.911. The largest absolute Gasteiger partial charge is 0.283 e. The molecule has 1 heterocycles. The Hall–Kier alpha value is -1.08. The molecule has 5 nitrogen and oxygen atoms in total. The maximum atomic E-state index is 12.1. The summed E-state index contributed by atoms with van der Waals surface area (Å²) >= 11 is 0. The van der Waals surface area contributed by atoms with Crippen molar-refractivity contribution in [3.8, 4) is 0 Å². The molecule has 1 aromatic carbocycles. The molecule has 0 radical (unpaired) electrons. The molecule has 0 saturated carbocycles. The lowest BCUT2D eigenvalue weighted by molar-refractivity contribution is 0.587. The molecule has 1 aromatic rings. The molecule has 1 fully saturated rings. The van der Waals surface area contributed by atoms with Crippen molar-refractivity contribution in [2.45, 2.75) is 25.5 Å². The molecule has 1 N–H and O–H groups in total. The number of anilines is 1. The molecule has 1 atom stereocenters. The van der Waals surface area contributed by atoms with Crippen LogP contribution >= 0.6 is 0 Å². The van der Waals surface area contributed by atoms with E-state index in [1.165, 1.54) is 0 Å². The van der Waals surface area contributed by atoms with Crippen molar-refractivity contribution in [2.24, 2.45) is 0 Å². The zero-order valence-corrected chi connectivity index (χ0v) is 12.5. The second-order valence-electron chi connectivity index (χ2n) is 4.97. The van der Waals surface area contributed by atoms with Crippen LogP contribution in [-0.2, 0) is 19.9 Å². The molecule has 0 spiro atoms. The Kier molecular flexibility index (Phi) is 3.61. The van der Waals surface area contributed by atoms with Crippen LogP contribution in [0.25, 0.3) is 0 Å². The van der Waals surface area contributed by atoms with E-state index < -0.39 is 25.1 Å². The van der Waals surface area contributed by atoms with E-state index in [4.69, 9.17) is 0 Å². The fraction of sp³-hybridized carbons (Fsp3) is 0.500. The van der Waals surface area contributed by atoms with E-state index in [0.29, 0.717) is 5.69 Å². The fourth-order valence-corrected chi connectivity index (χ4v) is 6.14. The second kappa shape index (κ2) is 4.79. The van der Waals surface area contributed by atoms with Gasteiger partial charge in [-0.05, 0) is 43.5 Å². The first-order valence-electron chi connectivity index (χ1n) is 5.99. The first kappa shape index (κ1) is 14.3. The first-order chi connectivity index (χ1) is 8.70. The highest BCUT2D eigenvalue weighted by molar-refractivity contribution is 7.97. The summed E-state index contributed by atoms with van der Waals surface area (Å²) in [4.78, 5) is 0. The fourth-order valence-electron chi connectivity index (χ4n) is 2.06. The molecule has 0 bridgehead atoms. The van der Waals surface area contributed by atoms with Gasteiger partial charge in [-0.25, -0.2) is 16.8 Å². The van der Waals surface area contributed by atoms with Crippen molar-refractivity contribution in [3.63, 3.8) is 0 Å². The Morgan fingerprint density at radius 2 is 1.89 bits per heavy atom. The van der Waals surface area contributed by atoms with Crippen LogP contribution in [0, 0.1) is 13.8 Å². The molecular formula is C12H17NO4S2. The number of sulfonamides is 1. The van der Waals surface area contributed by atoms with E-state index in [9.17, 15) is 16.8 Å². The van der Waals surface area contributed by atoms with Gasteiger partial charge in [0.2, 0.25) is 10.0 Å². The average molecular weight is 303 g/mol. The van der Waals surface area contributed by atoms with Crippen molar-refractivity contribution in [1.82, 2.24) is 0 Å². The summed E-state index contributed by atoms with van der Waals surface area (Å²) in [6.07, 6.45) is 0.169. The highest BCUT2D eigenvalue weighted by atomic mass is 32.2. The molecule has 1 aliphatic rings. The van der Waals surface area contributed by atoms with Gasteiger partial charge >= 0.3 is 0 Å². The minimum Gasteiger partial charge on any atom is -0.283 e. The maximum absolute atomic E-state index is 12.1. The minimum atomic E-state index is -3.64. The Labute approximate surface area is 114 Å². The van der Waals surface area contributed by atoms with Gasteiger partial charge in [-0.3, -0.25) is 4.72 Å². The van der Waals surface area contributed by atoms with E-state index >= 15 is 0 Å². The summed E-state index contributed by atoms with van der Waals surface area (Å²) in [7, 11) is -6.85. The zero-order chi connectivity index (χ0) is 14.3. The number of benzene rings is 1. The van der Waals surface area contributed by atoms with Crippen LogP contribution in [0.3, 0.4) is 0 Å². The monoisotopic (exact) mass is 303 g/mol. The smallest absolute Gasteiger partial charge is 0.236 e. The predicted molar refractivity (Wildman–Crippen MR) is 75.5 cm³/mol. The van der Waals surface area contributed by atoms with E-state index in [2.05, 4.69) is 4.72 Å². The van der Waals surface area contributed by atoms with Gasteiger partial charge in [0.1, 0.15) is 0 Å². The van der Waals surface area contributed by atoms with Crippen LogP contribution in [0.4, 0.5) is 5.69 Å². The van der Waals surface area contributed by atoms with Gasteiger partial charge in [-0.1, -0.05) is 6.07 Å². The van der Waals surface area contributed by atoms with Crippen LogP contribution in [0.1, 0.15) is 17.5 Å². The highest BCUT2D eigenvalue weighted by Gasteiger charge is 2.37. The molecule has 7 heteroatoms. The van der Waals surface area contributed by atoms with E-state index in [1.807, 2.05) is 19.9 Å². The van der Waals surface area contributed by atoms with Crippen LogP contribution in [0.5, 0.6) is 0 Å². The predicted octanol–water partition coefficient (Wildman–Crippen LogP) is 1.23. The zero-order valence-electron chi connectivity index (χ0n) is 10.9.